The first-order chi connectivity index (χ1) is 10.8. The van der Waals surface area contributed by atoms with Gasteiger partial charge in [-0.05, 0) is 107 Å². The minimum absolute atomic E-state index is 0.477. The maximum Gasteiger partial charge on any atom is 0.325 e. The Bertz CT molecular complexity index is 437. The van der Waals surface area contributed by atoms with E-state index in [1.807, 2.05) is 83.1 Å². The van der Waals surface area contributed by atoms with E-state index in [4.69, 9.17) is 41.7 Å². The van der Waals surface area contributed by atoms with E-state index in [-0.39, 0.29) is 0 Å². The lowest BCUT2D eigenvalue weighted by atomic mass is 10.2. The molecule has 2 N–H and O–H groups in total. The van der Waals surface area contributed by atoms with Crippen LogP contribution in [0.15, 0.2) is 0 Å². The molecule has 160 valence electrons. The highest BCUT2D eigenvalue weighted by Crippen LogP contribution is 2.51. The molecule has 0 fully saturated rings. The normalized spacial score (nSPS) is 14.7. The third kappa shape index (κ3) is 23.1. The van der Waals surface area contributed by atoms with E-state index in [0.717, 1.165) is 0 Å². The van der Waals surface area contributed by atoms with Gasteiger partial charge in [-0.2, -0.15) is 0 Å². The Kier molecular flexibility index (Phi) is 10.9. The maximum atomic E-state index is 9.67. The van der Waals surface area contributed by atoms with Crippen molar-refractivity contribution in [3.8, 4) is 0 Å². The van der Waals surface area contributed by atoms with Gasteiger partial charge in [0, 0.05) is 0 Å². The third-order valence-corrected chi connectivity index (χ3v) is 5.57. The topological polar surface area (TPSA) is 77.4 Å². The summed E-state index contributed by atoms with van der Waals surface area (Å²) in [6.07, 6.45) is 0. The van der Waals surface area contributed by atoms with Crippen LogP contribution in [0.3, 0.4) is 0 Å². The van der Waals surface area contributed by atoms with Crippen LogP contribution in [0.5, 0.6) is 0 Å². The van der Waals surface area contributed by atoms with E-state index in [2.05, 4.69) is 0 Å². The van der Waals surface area contributed by atoms with Gasteiger partial charge in [-0.1, -0.05) is 0 Å². The fourth-order valence-electron chi connectivity index (χ4n) is 1.42. The SMILES string of the molecule is CC(C)(C)OP(O)(=S)OC(C)(C)C.CC(C)(C)OP(O)(=S)OC(C)(C)C. The van der Waals surface area contributed by atoms with Crippen LogP contribution >= 0.6 is 13.4 Å². The van der Waals surface area contributed by atoms with Crippen LogP contribution < -0.4 is 0 Å². The lowest BCUT2D eigenvalue weighted by Crippen LogP contribution is -2.23. The van der Waals surface area contributed by atoms with Crippen molar-refractivity contribution in [3.05, 3.63) is 0 Å². The molecule has 0 bridgehead atoms. The quantitative estimate of drug-likeness (QED) is 0.529. The zero-order valence-corrected chi connectivity index (χ0v) is 21.7. The summed E-state index contributed by atoms with van der Waals surface area (Å²) in [6, 6.07) is 0. The monoisotopic (exact) mass is 452 g/mol. The van der Waals surface area contributed by atoms with Gasteiger partial charge in [0.1, 0.15) is 0 Å². The first-order valence-electron chi connectivity index (χ1n) is 8.31. The molecule has 0 aromatic carbocycles. The van der Waals surface area contributed by atoms with E-state index in [0.29, 0.717) is 0 Å². The minimum Gasteiger partial charge on any atom is -0.324 e. The highest BCUT2D eigenvalue weighted by Gasteiger charge is 2.30. The predicted octanol–water partition coefficient (Wildman–Crippen LogP) is 5.67. The van der Waals surface area contributed by atoms with Gasteiger partial charge >= 0.3 is 13.4 Å². The number of hydrogen-bond acceptors (Lipinski definition) is 6. The maximum absolute atomic E-state index is 9.67. The number of hydrogen-bond donors (Lipinski definition) is 2. The molecule has 0 unspecified atom stereocenters. The van der Waals surface area contributed by atoms with Gasteiger partial charge in [0.2, 0.25) is 0 Å². The van der Waals surface area contributed by atoms with Gasteiger partial charge in [-0.3, -0.25) is 0 Å². The average molecular weight is 453 g/mol. The summed E-state index contributed by atoms with van der Waals surface area (Å²) in [5.74, 6) is 0. The summed E-state index contributed by atoms with van der Waals surface area (Å²) in [7, 11) is 0. The van der Waals surface area contributed by atoms with Crippen LogP contribution in [-0.4, -0.2) is 32.2 Å². The van der Waals surface area contributed by atoms with E-state index in [9.17, 15) is 9.79 Å². The molecule has 0 heterocycles. The molecule has 0 rings (SSSR count). The smallest absolute Gasteiger partial charge is 0.324 e. The molecular weight excluding hydrogens is 414 g/mol. The molecule has 0 radical (unpaired) electrons. The summed E-state index contributed by atoms with van der Waals surface area (Å²) >= 11 is 9.72. The standard InChI is InChI=1S/2C8H19O3PS/c2*1-7(2,3)10-12(9,13)11-8(4,5)6/h2*1-6H3,(H,9,13). The van der Waals surface area contributed by atoms with E-state index >= 15 is 0 Å². The summed E-state index contributed by atoms with van der Waals surface area (Å²) in [6.45, 7) is 15.8. The van der Waals surface area contributed by atoms with E-state index in [1.165, 1.54) is 0 Å². The van der Waals surface area contributed by atoms with E-state index in [1.54, 1.807) is 0 Å². The Morgan fingerprint density at radius 1 is 0.462 bits per heavy atom. The summed E-state index contributed by atoms with van der Waals surface area (Å²) in [5.41, 5.74) is -1.91. The summed E-state index contributed by atoms with van der Waals surface area (Å²) < 4.78 is 21.0. The summed E-state index contributed by atoms with van der Waals surface area (Å²) in [4.78, 5) is 19.3. The molecule has 0 aliphatic rings. The lowest BCUT2D eigenvalue weighted by molar-refractivity contribution is 0.0434. The Morgan fingerprint density at radius 2 is 0.577 bits per heavy atom. The van der Waals surface area contributed by atoms with Crippen LogP contribution in [0, 0.1) is 0 Å². The lowest BCUT2D eigenvalue weighted by Gasteiger charge is -2.30. The molecule has 0 aliphatic heterocycles. The fourth-order valence-corrected chi connectivity index (χ4v) is 6.95. The zero-order chi connectivity index (χ0) is 21.8. The molecule has 0 amide bonds. The van der Waals surface area contributed by atoms with Crippen molar-refractivity contribution < 1.29 is 27.9 Å². The molecule has 0 atom stereocenters. The molecule has 10 heteroatoms. The zero-order valence-electron chi connectivity index (χ0n) is 18.2. The van der Waals surface area contributed by atoms with Crippen LogP contribution in [0.25, 0.3) is 0 Å². The average Bonchev–Trinajstić information content (AvgIpc) is 1.97. The van der Waals surface area contributed by atoms with Crippen molar-refractivity contribution in [1.82, 2.24) is 0 Å². The Hall–Kier alpha value is 1.06. The van der Waals surface area contributed by atoms with Gasteiger partial charge in [0.15, 0.2) is 0 Å². The molecule has 0 aromatic heterocycles. The molecule has 26 heavy (non-hydrogen) atoms. The highest BCUT2D eigenvalue weighted by atomic mass is 32.5. The molecule has 0 aromatic rings. The first kappa shape index (κ1) is 29.3. The number of rotatable bonds is 4. The molecule has 0 aliphatic carbocycles. The van der Waals surface area contributed by atoms with Crippen molar-refractivity contribution >= 4 is 37.1 Å². The largest absolute Gasteiger partial charge is 0.325 e. The molecule has 6 nitrogen and oxygen atoms in total. The molecular formula is C16H38O6P2S2. The van der Waals surface area contributed by atoms with Crippen LogP contribution in [0.1, 0.15) is 83.1 Å². The van der Waals surface area contributed by atoms with Gasteiger partial charge in [0.25, 0.3) is 0 Å². The van der Waals surface area contributed by atoms with Crippen molar-refractivity contribution in [2.75, 3.05) is 0 Å². The Morgan fingerprint density at radius 3 is 0.654 bits per heavy atom. The van der Waals surface area contributed by atoms with Crippen molar-refractivity contribution in [2.45, 2.75) is 105 Å². The van der Waals surface area contributed by atoms with Crippen molar-refractivity contribution in [2.24, 2.45) is 0 Å². The van der Waals surface area contributed by atoms with Gasteiger partial charge in [-0.15, -0.1) is 0 Å². The van der Waals surface area contributed by atoms with E-state index < -0.39 is 35.8 Å². The third-order valence-electron chi connectivity index (χ3n) is 1.56. The highest BCUT2D eigenvalue weighted by molar-refractivity contribution is 8.07. The minimum atomic E-state index is -3.10. The molecule has 0 saturated heterocycles. The Labute approximate surface area is 170 Å². The van der Waals surface area contributed by atoms with Gasteiger partial charge in [0.05, 0.1) is 22.4 Å². The van der Waals surface area contributed by atoms with Crippen LogP contribution in [-0.2, 0) is 41.7 Å². The second kappa shape index (κ2) is 9.71. The Balaban J connectivity index is 0. The summed E-state index contributed by atoms with van der Waals surface area (Å²) in [5, 5.41) is 0. The van der Waals surface area contributed by atoms with Crippen LogP contribution in [0.4, 0.5) is 0 Å². The fraction of sp³-hybridized carbons (Fsp3) is 1.00. The first-order valence-corrected chi connectivity index (χ1v) is 13.5. The van der Waals surface area contributed by atoms with Gasteiger partial charge in [-0.25, -0.2) is 0 Å². The van der Waals surface area contributed by atoms with Crippen molar-refractivity contribution in [3.63, 3.8) is 0 Å². The van der Waals surface area contributed by atoms with Crippen LogP contribution in [0.2, 0.25) is 0 Å². The van der Waals surface area contributed by atoms with Gasteiger partial charge < -0.3 is 27.9 Å². The second-order valence-corrected chi connectivity index (χ2v) is 15.1. The van der Waals surface area contributed by atoms with Crippen molar-refractivity contribution in [1.29, 1.82) is 0 Å². The predicted molar refractivity (Wildman–Crippen MR) is 116 cm³/mol. The molecule has 0 saturated carbocycles. The molecule has 0 spiro atoms. The second-order valence-electron chi connectivity index (χ2n) is 9.75.